The van der Waals surface area contributed by atoms with Crippen molar-refractivity contribution in [3.05, 3.63) is 47.9 Å². The highest BCUT2D eigenvalue weighted by Crippen LogP contribution is 2.14. The number of sulfonamides is 1. The molecule has 10 nitrogen and oxygen atoms in total. The van der Waals surface area contributed by atoms with Crippen LogP contribution in [0.15, 0.2) is 41.0 Å². The molecule has 162 valence electrons. The Labute approximate surface area is 174 Å². The SMILES string of the molecule is CCS(=O)(=O)Nc1nc(C(=O)NC(Cc2ccccc2)C(O)C(O)CCC#N)co1. The molecule has 0 bridgehead atoms. The zero-order valence-electron chi connectivity index (χ0n) is 16.4. The van der Waals surface area contributed by atoms with E-state index in [0.717, 1.165) is 11.8 Å². The van der Waals surface area contributed by atoms with Gasteiger partial charge >= 0.3 is 6.01 Å². The van der Waals surface area contributed by atoms with Crippen molar-refractivity contribution in [2.24, 2.45) is 0 Å². The van der Waals surface area contributed by atoms with Crippen LogP contribution in [0.3, 0.4) is 0 Å². The van der Waals surface area contributed by atoms with E-state index in [9.17, 15) is 23.4 Å². The zero-order valence-corrected chi connectivity index (χ0v) is 17.2. The summed E-state index contributed by atoms with van der Waals surface area (Å²) in [5.41, 5.74) is 0.617. The number of nitrogens with zero attached hydrogens (tertiary/aromatic N) is 2. The fraction of sp³-hybridized carbons (Fsp3) is 0.421. The lowest BCUT2D eigenvalue weighted by Crippen LogP contribution is -2.49. The average Bonchev–Trinajstić information content (AvgIpc) is 3.19. The fourth-order valence-corrected chi connectivity index (χ4v) is 3.15. The summed E-state index contributed by atoms with van der Waals surface area (Å²) >= 11 is 0. The first-order chi connectivity index (χ1) is 14.3. The molecule has 0 spiro atoms. The largest absolute Gasteiger partial charge is 0.431 e. The number of carbonyl (C=O) groups excluding carboxylic acids is 1. The van der Waals surface area contributed by atoms with Crippen LogP contribution in [-0.2, 0) is 16.4 Å². The minimum absolute atomic E-state index is 0.0474. The molecule has 3 atom stereocenters. The quantitative estimate of drug-likeness (QED) is 0.401. The molecule has 2 aromatic rings. The Morgan fingerprint density at radius 1 is 1.30 bits per heavy atom. The third-order valence-electron chi connectivity index (χ3n) is 4.33. The molecule has 0 saturated carbocycles. The van der Waals surface area contributed by atoms with Gasteiger partial charge in [0.15, 0.2) is 5.69 Å². The molecule has 0 aliphatic rings. The molecule has 11 heteroatoms. The van der Waals surface area contributed by atoms with Gasteiger partial charge in [-0.25, -0.2) is 13.1 Å². The molecular formula is C19H24N4O6S. The van der Waals surface area contributed by atoms with E-state index in [-0.39, 0.29) is 36.7 Å². The van der Waals surface area contributed by atoms with Crippen LogP contribution in [-0.4, -0.2) is 53.5 Å². The minimum Gasteiger partial charge on any atom is -0.431 e. The van der Waals surface area contributed by atoms with Crippen LogP contribution >= 0.6 is 0 Å². The Kier molecular flexibility index (Phi) is 8.35. The third kappa shape index (κ3) is 6.84. The summed E-state index contributed by atoms with van der Waals surface area (Å²) in [6, 6.07) is 9.70. The highest BCUT2D eigenvalue weighted by atomic mass is 32.2. The maximum atomic E-state index is 12.6. The van der Waals surface area contributed by atoms with Gasteiger partial charge < -0.3 is 19.9 Å². The van der Waals surface area contributed by atoms with E-state index in [1.54, 1.807) is 24.3 Å². The fourth-order valence-electron chi connectivity index (χ4n) is 2.65. The van der Waals surface area contributed by atoms with E-state index >= 15 is 0 Å². The first-order valence-electron chi connectivity index (χ1n) is 9.29. The van der Waals surface area contributed by atoms with E-state index in [0.29, 0.717) is 0 Å². The maximum absolute atomic E-state index is 12.6. The number of aromatic nitrogens is 1. The molecule has 0 fully saturated rings. The number of carbonyl (C=O) groups is 1. The summed E-state index contributed by atoms with van der Waals surface area (Å²) < 4.78 is 30.2. The number of hydrogen-bond donors (Lipinski definition) is 4. The topological polar surface area (TPSA) is 166 Å². The molecule has 0 aliphatic heterocycles. The Morgan fingerprint density at radius 2 is 2.00 bits per heavy atom. The van der Waals surface area contributed by atoms with Crippen molar-refractivity contribution < 1.29 is 27.8 Å². The number of oxazole rings is 1. The van der Waals surface area contributed by atoms with Crippen LogP contribution in [0.2, 0.25) is 0 Å². The van der Waals surface area contributed by atoms with Gasteiger partial charge in [0, 0.05) is 6.42 Å². The van der Waals surface area contributed by atoms with Crippen LogP contribution in [0.5, 0.6) is 0 Å². The van der Waals surface area contributed by atoms with Crippen molar-refractivity contribution in [2.45, 2.75) is 44.4 Å². The Bertz CT molecular complexity index is 970. The lowest BCUT2D eigenvalue weighted by Gasteiger charge is -2.27. The maximum Gasteiger partial charge on any atom is 0.309 e. The van der Waals surface area contributed by atoms with Gasteiger partial charge in [-0.15, -0.1) is 0 Å². The highest BCUT2D eigenvalue weighted by Gasteiger charge is 2.29. The van der Waals surface area contributed by atoms with Gasteiger partial charge in [0.1, 0.15) is 12.4 Å². The number of amides is 1. The van der Waals surface area contributed by atoms with Crippen molar-refractivity contribution in [1.29, 1.82) is 5.26 Å². The number of anilines is 1. The smallest absolute Gasteiger partial charge is 0.309 e. The van der Waals surface area contributed by atoms with Crippen LogP contribution in [0.1, 0.15) is 35.8 Å². The molecular weight excluding hydrogens is 412 g/mol. The van der Waals surface area contributed by atoms with Gasteiger partial charge in [-0.1, -0.05) is 30.3 Å². The van der Waals surface area contributed by atoms with E-state index in [2.05, 4.69) is 15.0 Å². The number of nitrogens with one attached hydrogen (secondary N) is 2. The van der Waals surface area contributed by atoms with Crippen molar-refractivity contribution in [1.82, 2.24) is 10.3 Å². The molecule has 30 heavy (non-hydrogen) atoms. The van der Waals surface area contributed by atoms with Crippen molar-refractivity contribution in [2.75, 3.05) is 10.5 Å². The summed E-state index contributed by atoms with van der Waals surface area (Å²) in [7, 11) is -3.62. The van der Waals surface area contributed by atoms with Crippen molar-refractivity contribution in [3.63, 3.8) is 0 Å². The lowest BCUT2D eigenvalue weighted by molar-refractivity contribution is -0.00646. The molecule has 1 aromatic heterocycles. The molecule has 4 N–H and O–H groups in total. The van der Waals surface area contributed by atoms with Gasteiger partial charge in [-0.05, 0) is 25.3 Å². The van der Waals surface area contributed by atoms with Crippen LogP contribution in [0, 0.1) is 11.3 Å². The molecule has 0 radical (unpaired) electrons. The second kappa shape index (κ2) is 10.7. The highest BCUT2D eigenvalue weighted by molar-refractivity contribution is 7.92. The van der Waals surface area contributed by atoms with Gasteiger partial charge in [-0.2, -0.15) is 10.2 Å². The number of nitriles is 1. The Balaban J connectivity index is 2.15. The Morgan fingerprint density at radius 3 is 2.63 bits per heavy atom. The molecule has 2 rings (SSSR count). The summed E-state index contributed by atoms with van der Waals surface area (Å²) in [4.78, 5) is 16.4. The van der Waals surface area contributed by atoms with Crippen LogP contribution < -0.4 is 10.0 Å². The van der Waals surface area contributed by atoms with E-state index in [1.807, 2.05) is 12.1 Å². The average molecular weight is 436 g/mol. The van der Waals surface area contributed by atoms with E-state index < -0.39 is 34.2 Å². The minimum atomic E-state index is -3.62. The van der Waals surface area contributed by atoms with Crippen LogP contribution in [0.25, 0.3) is 0 Å². The van der Waals surface area contributed by atoms with Crippen molar-refractivity contribution >= 4 is 21.9 Å². The van der Waals surface area contributed by atoms with Crippen LogP contribution in [0.4, 0.5) is 6.01 Å². The first kappa shape index (κ1) is 23.3. The lowest BCUT2D eigenvalue weighted by atomic mass is 9.95. The molecule has 1 heterocycles. The number of aliphatic hydroxyl groups excluding tert-OH is 2. The Hall–Kier alpha value is -2.94. The predicted molar refractivity (Wildman–Crippen MR) is 108 cm³/mol. The van der Waals surface area contributed by atoms with E-state index in [1.165, 1.54) is 6.92 Å². The number of hydrogen-bond acceptors (Lipinski definition) is 8. The first-order valence-corrected chi connectivity index (χ1v) is 10.9. The summed E-state index contributed by atoms with van der Waals surface area (Å²) in [5.74, 6) is -0.906. The molecule has 3 unspecified atom stereocenters. The predicted octanol–water partition coefficient (Wildman–Crippen LogP) is 0.803. The van der Waals surface area contributed by atoms with Gasteiger partial charge in [-0.3, -0.25) is 4.79 Å². The van der Waals surface area contributed by atoms with Gasteiger partial charge in [0.25, 0.3) is 5.91 Å². The van der Waals surface area contributed by atoms with Crippen molar-refractivity contribution in [3.8, 4) is 6.07 Å². The standard InChI is InChI=1S/C19H24N4O6S/c1-2-30(27,28)23-19-22-15(12-29-19)18(26)21-14(11-13-7-4-3-5-8-13)17(25)16(24)9-6-10-20/h3-5,7-8,12,14,16-17,24-25H,2,6,9,11H2,1H3,(H,21,26)(H,22,23). The molecule has 1 aromatic carbocycles. The number of rotatable bonds is 11. The summed E-state index contributed by atoms with van der Waals surface area (Å²) in [6.45, 7) is 1.44. The van der Waals surface area contributed by atoms with Gasteiger partial charge in [0.2, 0.25) is 10.0 Å². The summed E-state index contributed by atoms with van der Waals surface area (Å²) in [6.07, 6.45) is -1.26. The second-order valence-electron chi connectivity index (χ2n) is 6.57. The molecule has 1 amide bonds. The third-order valence-corrected chi connectivity index (χ3v) is 5.58. The normalized spacial score (nSPS) is 14.3. The van der Waals surface area contributed by atoms with E-state index in [4.69, 9.17) is 9.68 Å². The molecule has 0 saturated heterocycles. The second-order valence-corrected chi connectivity index (χ2v) is 8.58. The molecule has 0 aliphatic carbocycles. The number of aliphatic hydroxyl groups is 2. The van der Waals surface area contributed by atoms with Gasteiger partial charge in [0.05, 0.1) is 24.0 Å². The summed E-state index contributed by atoms with van der Waals surface area (Å²) in [5, 5.41) is 32.0. The number of benzene rings is 1. The monoisotopic (exact) mass is 436 g/mol. The zero-order chi connectivity index (χ0) is 22.1.